The van der Waals surface area contributed by atoms with E-state index in [0.717, 1.165) is 11.1 Å². The van der Waals surface area contributed by atoms with Crippen LogP contribution < -0.4 is 4.74 Å². The molecule has 5 heteroatoms. The molecule has 0 unspecified atom stereocenters. The Kier molecular flexibility index (Phi) is 5.68. The second-order valence-electron chi connectivity index (χ2n) is 4.20. The molecule has 5 nitrogen and oxygen atoms in total. The second kappa shape index (κ2) is 7.27. The van der Waals surface area contributed by atoms with Crippen LogP contribution in [0.15, 0.2) is 18.2 Å². The lowest BCUT2D eigenvalue weighted by Gasteiger charge is -2.16. The van der Waals surface area contributed by atoms with Crippen LogP contribution in [-0.4, -0.2) is 31.7 Å². The quantitative estimate of drug-likeness (QED) is 0.817. The van der Waals surface area contributed by atoms with Gasteiger partial charge in [-0.3, -0.25) is 0 Å². The van der Waals surface area contributed by atoms with Crippen LogP contribution in [-0.2, 0) is 11.3 Å². The molecule has 0 bridgehead atoms. The summed E-state index contributed by atoms with van der Waals surface area (Å²) in [5.41, 5.74) is 1.90. The SMILES string of the molecule is COc1ccc(C)cc1COC(=O)N(C)CCC#N. The van der Waals surface area contributed by atoms with Crippen LogP contribution in [0.2, 0.25) is 0 Å². The molecular formula is C14H18N2O3. The molecule has 0 spiro atoms. The van der Waals surface area contributed by atoms with E-state index in [9.17, 15) is 4.79 Å². The van der Waals surface area contributed by atoms with Crippen LogP contribution in [0, 0.1) is 18.3 Å². The van der Waals surface area contributed by atoms with Gasteiger partial charge >= 0.3 is 6.09 Å². The summed E-state index contributed by atoms with van der Waals surface area (Å²) in [6.07, 6.45) is -0.155. The summed E-state index contributed by atoms with van der Waals surface area (Å²) in [5, 5.41) is 8.46. The molecule has 0 radical (unpaired) electrons. The van der Waals surface area contributed by atoms with Gasteiger partial charge in [-0.25, -0.2) is 4.79 Å². The molecule has 19 heavy (non-hydrogen) atoms. The number of nitrogens with zero attached hydrogens (tertiary/aromatic N) is 2. The fourth-order valence-electron chi connectivity index (χ4n) is 1.58. The Bertz CT molecular complexity index is 480. The minimum atomic E-state index is -0.446. The summed E-state index contributed by atoms with van der Waals surface area (Å²) >= 11 is 0. The number of nitriles is 1. The average molecular weight is 262 g/mol. The molecular weight excluding hydrogens is 244 g/mol. The smallest absolute Gasteiger partial charge is 0.409 e. The van der Waals surface area contributed by atoms with Crippen LogP contribution in [0.3, 0.4) is 0 Å². The number of hydrogen-bond donors (Lipinski definition) is 0. The zero-order valence-electron chi connectivity index (χ0n) is 11.5. The molecule has 0 aliphatic heterocycles. The van der Waals surface area contributed by atoms with E-state index in [-0.39, 0.29) is 6.61 Å². The van der Waals surface area contributed by atoms with Crippen LogP contribution in [0.1, 0.15) is 17.5 Å². The molecule has 0 fully saturated rings. The Hall–Kier alpha value is -2.22. The van der Waals surface area contributed by atoms with Crippen molar-refractivity contribution in [2.45, 2.75) is 20.0 Å². The van der Waals surface area contributed by atoms with Crippen LogP contribution >= 0.6 is 0 Å². The number of benzene rings is 1. The van der Waals surface area contributed by atoms with Gasteiger partial charge in [-0.15, -0.1) is 0 Å². The van der Waals surface area contributed by atoms with E-state index in [1.807, 2.05) is 31.2 Å². The van der Waals surface area contributed by atoms with Gasteiger partial charge in [0, 0.05) is 19.2 Å². The number of ether oxygens (including phenoxy) is 2. The first kappa shape index (κ1) is 14.8. The van der Waals surface area contributed by atoms with Gasteiger partial charge in [0.05, 0.1) is 19.6 Å². The molecule has 0 aliphatic carbocycles. The molecule has 0 aromatic heterocycles. The van der Waals surface area contributed by atoms with Crippen molar-refractivity contribution in [3.63, 3.8) is 0 Å². The molecule has 1 rings (SSSR count). The van der Waals surface area contributed by atoms with E-state index >= 15 is 0 Å². The predicted molar refractivity (Wildman–Crippen MR) is 70.8 cm³/mol. The maximum Gasteiger partial charge on any atom is 0.409 e. The number of rotatable bonds is 5. The standard InChI is InChI=1S/C14H18N2O3/c1-11-5-6-13(18-3)12(9-11)10-19-14(17)16(2)8-4-7-15/h5-6,9H,4,8,10H2,1-3H3. The van der Waals surface area contributed by atoms with Gasteiger partial charge in [-0.05, 0) is 19.1 Å². The Morgan fingerprint density at radius 1 is 1.47 bits per heavy atom. The number of hydrogen-bond acceptors (Lipinski definition) is 4. The Morgan fingerprint density at radius 3 is 2.84 bits per heavy atom. The molecule has 1 aromatic rings. The van der Waals surface area contributed by atoms with Crippen molar-refractivity contribution in [1.29, 1.82) is 5.26 Å². The Balaban J connectivity index is 2.59. The van der Waals surface area contributed by atoms with Gasteiger partial charge in [-0.2, -0.15) is 5.26 Å². The summed E-state index contributed by atoms with van der Waals surface area (Å²) in [6.45, 7) is 2.48. The summed E-state index contributed by atoms with van der Waals surface area (Å²) in [4.78, 5) is 13.0. The maximum atomic E-state index is 11.7. The van der Waals surface area contributed by atoms with Crippen molar-refractivity contribution in [3.8, 4) is 11.8 Å². The van der Waals surface area contributed by atoms with Crippen molar-refractivity contribution in [2.24, 2.45) is 0 Å². The molecule has 1 amide bonds. The highest BCUT2D eigenvalue weighted by Gasteiger charge is 2.11. The first-order valence-corrected chi connectivity index (χ1v) is 5.97. The van der Waals surface area contributed by atoms with Crippen molar-refractivity contribution >= 4 is 6.09 Å². The highest BCUT2D eigenvalue weighted by Crippen LogP contribution is 2.20. The summed E-state index contributed by atoms with van der Waals surface area (Å²) < 4.78 is 10.4. The van der Waals surface area contributed by atoms with Crippen LogP contribution in [0.25, 0.3) is 0 Å². The van der Waals surface area contributed by atoms with Gasteiger partial charge in [0.1, 0.15) is 12.4 Å². The van der Waals surface area contributed by atoms with Crippen LogP contribution in [0.5, 0.6) is 5.75 Å². The lowest BCUT2D eigenvalue weighted by atomic mass is 10.1. The van der Waals surface area contributed by atoms with E-state index in [1.54, 1.807) is 14.2 Å². The van der Waals surface area contributed by atoms with Crippen molar-refractivity contribution < 1.29 is 14.3 Å². The second-order valence-corrected chi connectivity index (χ2v) is 4.20. The number of carbonyl (C=O) groups excluding carboxylic acids is 1. The Labute approximate surface area is 113 Å². The zero-order valence-corrected chi connectivity index (χ0v) is 11.5. The topological polar surface area (TPSA) is 62.6 Å². The molecule has 0 N–H and O–H groups in total. The molecule has 0 heterocycles. The highest BCUT2D eigenvalue weighted by atomic mass is 16.6. The third-order valence-electron chi connectivity index (χ3n) is 2.66. The fourth-order valence-corrected chi connectivity index (χ4v) is 1.58. The summed E-state index contributed by atoms with van der Waals surface area (Å²) in [7, 11) is 3.18. The normalized spacial score (nSPS) is 9.58. The lowest BCUT2D eigenvalue weighted by Crippen LogP contribution is -2.28. The van der Waals surface area contributed by atoms with E-state index in [0.29, 0.717) is 18.7 Å². The van der Waals surface area contributed by atoms with Gasteiger partial charge < -0.3 is 14.4 Å². The van der Waals surface area contributed by atoms with E-state index in [2.05, 4.69) is 0 Å². The fraction of sp³-hybridized carbons (Fsp3) is 0.429. The van der Waals surface area contributed by atoms with Crippen molar-refractivity contribution in [1.82, 2.24) is 4.90 Å². The zero-order chi connectivity index (χ0) is 14.3. The number of carbonyl (C=O) groups is 1. The third-order valence-corrected chi connectivity index (χ3v) is 2.66. The predicted octanol–water partition coefficient (Wildman–Crippen LogP) is 2.49. The number of amides is 1. The molecule has 0 aliphatic rings. The maximum absolute atomic E-state index is 11.7. The van der Waals surface area contributed by atoms with Crippen LogP contribution in [0.4, 0.5) is 4.79 Å². The molecule has 0 saturated heterocycles. The summed E-state index contributed by atoms with van der Waals surface area (Å²) in [6, 6.07) is 7.68. The van der Waals surface area contributed by atoms with Gasteiger partial charge in [-0.1, -0.05) is 11.6 Å². The average Bonchev–Trinajstić information content (AvgIpc) is 2.42. The van der Waals surface area contributed by atoms with Gasteiger partial charge in [0.25, 0.3) is 0 Å². The Morgan fingerprint density at radius 2 is 2.21 bits per heavy atom. The molecule has 0 atom stereocenters. The van der Waals surface area contributed by atoms with E-state index < -0.39 is 6.09 Å². The lowest BCUT2D eigenvalue weighted by molar-refractivity contribution is 0.104. The highest BCUT2D eigenvalue weighted by molar-refractivity contribution is 5.67. The van der Waals surface area contributed by atoms with E-state index in [1.165, 1.54) is 4.90 Å². The largest absolute Gasteiger partial charge is 0.496 e. The number of methoxy groups -OCH3 is 1. The minimum Gasteiger partial charge on any atom is -0.496 e. The summed E-state index contributed by atoms with van der Waals surface area (Å²) in [5.74, 6) is 0.693. The van der Waals surface area contributed by atoms with E-state index in [4.69, 9.17) is 14.7 Å². The van der Waals surface area contributed by atoms with Gasteiger partial charge in [0.2, 0.25) is 0 Å². The first-order valence-electron chi connectivity index (χ1n) is 5.97. The third kappa shape index (κ3) is 4.51. The molecule has 102 valence electrons. The van der Waals surface area contributed by atoms with Crippen molar-refractivity contribution in [2.75, 3.05) is 20.7 Å². The number of aryl methyl sites for hydroxylation is 1. The monoisotopic (exact) mass is 262 g/mol. The molecule has 0 saturated carbocycles. The van der Waals surface area contributed by atoms with Crippen molar-refractivity contribution in [3.05, 3.63) is 29.3 Å². The molecule has 1 aromatic carbocycles. The van der Waals surface area contributed by atoms with Gasteiger partial charge in [0.15, 0.2) is 0 Å². The first-order chi connectivity index (χ1) is 9.08. The minimum absolute atomic E-state index is 0.153.